The van der Waals surface area contributed by atoms with Gasteiger partial charge in [-0.3, -0.25) is 0 Å². The van der Waals surface area contributed by atoms with Crippen molar-refractivity contribution in [3.63, 3.8) is 0 Å². The average molecular weight is 383 g/mol. The number of halogens is 1. The highest BCUT2D eigenvalue weighted by atomic mass is 127. The lowest BCUT2D eigenvalue weighted by Crippen LogP contribution is -3.00. The van der Waals surface area contributed by atoms with E-state index >= 15 is 0 Å². The van der Waals surface area contributed by atoms with Crippen molar-refractivity contribution in [3.05, 3.63) is 66.2 Å². The van der Waals surface area contributed by atoms with Crippen LogP contribution in [0.25, 0.3) is 0 Å². The molecule has 0 aliphatic carbocycles. The van der Waals surface area contributed by atoms with E-state index in [1.165, 1.54) is 5.56 Å². The van der Waals surface area contributed by atoms with Crippen LogP contribution in [0.2, 0.25) is 0 Å². The van der Waals surface area contributed by atoms with Gasteiger partial charge in [0.15, 0.2) is 0 Å². The Morgan fingerprint density at radius 3 is 2.00 bits per heavy atom. The van der Waals surface area contributed by atoms with Crippen molar-refractivity contribution >= 4 is 0 Å². The summed E-state index contributed by atoms with van der Waals surface area (Å²) in [4.78, 5) is 0. The summed E-state index contributed by atoms with van der Waals surface area (Å²) >= 11 is 0. The molecule has 0 spiro atoms. The monoisotopic (exact) mass is 383 g/mol. The summed E-state index contributed by atoms with van der Waals surface area (Å²) in [7, 11) is 4.47. The molecule has 3 heteroatoms. The molecule has 0 radical (unpaired) electrons. The lowest BCUT2D eigenvalue weighted by atomic mass is 10.2. The number of quaternary nitrogens is 1. The molecule has 0 aliphatic rings. The Bertz CT molecular complexity index is 485. The maximum atomic E-state index is 5.76. The largest absolute Gasteiger partial charge is 1.00 e. The third-order valence-corrected chi connectivity index (χ3v) is 3.16. The molecule has 2 rings (SSSR count). The maximum Gasteiger partial charge on any atom is 0.137 e. The fourth-order valence-electron chi connectivity index (χ4n) is 2.08. The van der Waals surface area contributed by atoms with Gasteiger partial charge in [-0.05, 0) is 12.1 Å². The molecule has 0 heterocycles. The van der Waals surface area contributed by atoms with E-state index < -0.39 is 0 Å². The van der Waals surface area contributed by atoms with Gasteiger partial charge < -0.3 is 33.2 Å². The van der Waals surface area contributed by atoms with Crippen LogP contribution in [0.1, 0.15) is 5.56 Å². The fourth-order valence-corrected chi connectivity index (χ4v) is 2.08. The van der Waals surface area contributed by atoms with Crippen molar-refractivity contribution in [1.82, 2.24) is 0 Å². The van der Waals surface area contributed by atoms with Crippen molar-refractivity contribution in [2.24, 2.45) is 0 Å². The van der Waals surface area contributed by atoms with E-state index in [-0.39, 0.29) is 24.0 Å². The van der Waals surface area contributed by atoms with Crippen LogP contribution in [0.3, 0.4) is 0 Å². The van der Waals surface area contributed by atoms with Gasteiger partial charge in [0, 0.05) is 5.56 Å². The summed E-state index contributed by atoms with van der Waals surface area (Å²) < 4.78 is 6.69. The number of ether oxygens (including phenoxy) is 1. The summed E-state index contributed by atoms with van der Waals surface area (Å²) in [5, 5.41) is 0. The van der Waals surface area contributed by atoms with Gasteiger partial charge in [0.05, 0.1) is 14.1 Å². The number of likely N-dealkylation sites (N-methyl/N-ethyl adjacent to an activating group) is 1. The molecular weight excluding hydrogens is 361 g/mol. The number of para-hydroxylation sites is 1. The number of benzene rings is 2. The van der Waals surface area contributed by atoms with Crippen LogP contribution in [0.5, 0.6) is 5.75 Å². The molecule has 2 nitrogen and oxygen atoms in total. The number of rotatable bonds is 6. The second kappa shape index (κ2) is 8.27. The van der Waals surface area contributed by atoms with Crippen LogP contribution in [0.15, 0.2) is 60.7 Å². The van der Waals surface area contributed by atoms with E-state index in [0.717, 1.165) is 29.9 Å². The predicted octanol–water partition coefficient (Wildman–Crippen LogP) is 0.346. The fraction of sp³-hybridized carbons (Fsp3) is 0.294. The van der Waals surface area contributed by atoms with Crippen LogP contribution in [-0.2, 0) is 6.54 Å². The molecule has 0 saturated heterocycles. The minimum atomic E-state index is 0. The molecule has 2 aromatic carbocycles. The van der Waals surface area contributed by atoms with Crippen LogP contribution in [0.4, 0.5) is 0 Å². The standard InChI is InChI=1S/C17H22NO.HI/c1-18(2,15-16-9-5-3-6-10-16)13-14-19-17-11-7-4-8-12-17;/h3-12H,13-15H2,1-2H3;1H/q+1;/p-1. The zero-order chi connectivity index (χ0) is 13.6. The quantitative estimate of drug-likeness (QED) is 0.517. The number of hydrogen-bond donors (Lipinski definition) is 0. The molecule has 2 aromatic rings. The second-order valence-electron chi connectivity index (χ2n) is 5.46. The minimum Gasteiger partial charge on any atom is -1.00 e. The van der Waals surface area contributed by atoms with Gasteiger partial charge in [-0.15, -0.1) is 0 Å². The molecule has 0 unspecified atom stereocenters. The Balaban J connectivity index is 0.00000200. The molecule has 0 amide bonds. The maximum absolute atomic E-state index is 5.76. The van der Waals surface area contributed by atoms with Crippen molar-refractivity contribution in [2.75, 3.05) is 27.2 Å². The molecule has 108 valence electrons. The Hall–Kier alpha value is -1.07. The Labute approximate surface area is 139 Å². The smallest absolute Gasteiger partial charge is 0.137 e. The van der Waals surface area contributed by atoms with Crippen LogP contribution < -0.4 is 28.7 Å². The third kappa shape index (κ3) is 5.92. The topological polar surface area (TPSA) is 9.23 Å². The van der Waals surface area contributed by atoms with E-state index in [0.29, 0.717) is 0 Å². The molecule has 0 bridgehead atoms. The summed E-state index contributed by atoms with van der Waals surface area (Å²) in [6, 6.07) is 20.6. The van der Waals surface area contributed by atoms with Crippen molar-refractivity contribution in [3.8, 4) is 5.75 Å². The summed E-state index contributed by atoms with van der Waals surface area (Å²) in [5.41, 5.74) is 1.37. The van der Waals surface area contributed by atoms with Gasteiger partial charge in [-0.1, -0.05) is 48.5 Å². The first-order valence-corrected chi connectivity index (χ1v) is 6.69. The van der Waals surface area contributed by atoms with Gasteiger partial charge in [-0.2, -0.15) is 0 Å². The first-order valence-electron chi connectivity index (χ1n) is 6.69. The van der Waals surface area contributed by atoms with Crippen molar-refractivity contribution < 1.29 is 33.2 Å². The first kappa shape index (κ1) is 17.0. The van der Waals surface area contributed by atoms with Crippen LogP contribution >= 0.6 is 0 Å². The Morgan fingerprint density at radius 2 is 1.40 bits per heavy atom. The van der Waals surface area contributed by atoms with Gasteiger partial charge in [-0.25, -0.2) is 0 Å². The predicted molar refractivity (Wildman–Crippen MR) is 79.1 cm³/mol. The first-order chi connectivity index (χ1) is 9.16. The number of nitrogens with zero attached hydrogens (tertiary/aromatic N) is 1. The molecule has 0 aromatic heterocycles. The average Bonchev–Trinajstić information content (AvgIpc) is 2.40. The molecule has 0 fully saturated rings. The number of hydrogen-bond acceptors (Lipinski definition) is 1. The van der Waals surface area contributed by atoms with Crippen molar-refractivity contribution in [2.45, 2.75) is 6.54 Å². The molecule has 20 heavy (non-hydrogen) atoms. The lowest BCUT2D eigenvalue weighted by molar-refractivity contribution is -0.903. The molecule has 0 atom stereocenters. The van der Waals surface area contributed by atoms with Crippen LogP contribution in [-0.4, -0.2) is 31.7 Å². The van der Waals surface area contributed by atoms with Crippen LogP contribution in [0, 0.1) is 0 Å². The van der Waals surface area contributed by atoms with Gasteiger partial charge >= 0.3 is 0 Å². The normalized spacial score (nSPS) is 10.7. The van der Waals surface area contributed by atoms with E-state index in [1.807, 2.05) is 30.3 Å². The van der Waals surface area contributed by atoms with Gasteiger partial charge in [0.2, 0.25) is 0 Å². The summed E-state index contributed by atoms with van der Waals surface area (Å²) in [5.74, 6) is 0.946. The highest BCUT2D eigenvalue weighted by molar-refractivity contribution is 5.20. The van der Waals surface area contributed by atoms with E-state index in [1.54, 1.807) is 0 Å². The van der Waals surface area contributed by atoms with Gasteiger partial charge in [0.1, 0.15) is 25.4 Å². The molecule has 0 aliphatic heterocycles. The molecular formula is C17H22INO. The Morgan fingerprint density at radius 1 is 0.850 bits per heavy atom. The minimum absolute atomic E-state index is 0. The van der Waals surface area contributed by atoms with Gasteiger partial charge in [0.25, 0.3) is 0 Å². The zero-order valence-electron chi connectivity index (χ0n) is 12.1. The van der Waals surface area contributed by atoms with E-state index in [2.05, 4.69) is 44.4 Å². The summed E-state index contributed by atoms with van der Waals surface area (Å²) in [6.07, 6.45) is 0. The van der Waals surface area contributed by atoms with E-state index in [9.17, 15) is 0 Å². The molecule has 0 N–H and O–H groups in total. The second-order valence-corrected chi connectivity index (χ2v) is 5.46. The highest BCUT2D eigenvalue weighted by Gasteiger charge is 2.15. The highest BCUT2D eigenvalue weighted by Crippen LogP contribution is 2.11. The Kier molecular flexibility index (Phi) is 7.02. The molecule has 0 saturated carbocycles. The summed E-state index contributed by atoms with van der Waals surface area (Å²) in [6.45, 7) is 2.76. The lowest BCUT2D eigenvalue weighted by Gasteiger charge is -2.29. The SMILES string of the molecule is C[N+](C)(CCOc1ccccc1)Cc1ccccc1.[I-]. The third-order valence-electron chi connectivity index (χ3n) is 3.16. The zero-order valence-corrected chi connectivity index (χ0v) is 14.3. The van der Waals surface area contributed by atoms with Crippen molar-refractivity contribution in [1.29, 1.82) is 0 Å². The van der Waals surface area contributed by atoms with E-state index in [4.69, 9.17) is 4.74 Å².